The van der Waals surface area contributed by atoms with Crippen LogP contribution in [0.4, 0.5) is 0 Å². The first-order valence-corrected chi connectivity index (χ1v) is 14.5. The number of halogens is 1. The Labute approximate surface area is 218 Å². The molecule has 0 fully saturated rings. The average Bonchev–Trinajstić information content (AvgIpc) is 2.58. The van der Waals surface area contributed by atoms with Crippen molar-refractivity contribution in [2.24, 2.45) is 10.8 Å². The van der Waals surface area contributed by atoms with Crippen LogP contribution in [0.3, 0.4) is 0 Å². The van der Waals surface area contributed by atoms with Gasteiger partial charge < -0.3 is 12.4 Å². The topological polar surface area (TPSA) is 0 Å². The fraction of sp³-hybridized carbons (Fsp3) is 0.552. The molecule has 1 aliphatic rings. The fourth-order valence-corrected chi connectivity index (χ4v) is 7.76. The predicted octanol–water partition coefficient (Wildman–Crippen LogP) is 6.15. The summed E-state index contributed by atoms with van der Waals surface area (Å²) in [7, 11) is 0. The third kappa shape index (κ3) is 8.43. The molecule has 2 rings (SSSR count). The van der Waals surface area contributed by atoms with Gasteiger partial charge in [0.15, 0.2) is 0 Å². The maximum Gasteiger partial charge on any atom is -1.00 e. The molecule has 0 radical (unpaired) electrons. The van der Waals surface area contributed by atoms with Crippen molar-refractivity contribution in [3.63, 3.8) is 0 Å². The van der Waals surface area contributed by atoms with Crippen molar-refractivity contribution >= 4 is 38.3 Å². The molecule has 178 valence electrons. The van der Waals surface area contributed by atoms with Gasteiger partial charge in [0.05, 0.1) is 0 Å². The zero-order chi connectivity index (χ0) is 23.8. The zero-order valence-corrected chi connectivity index (χ0v) is 26.1. The Morgan fingerprint density at radius 3 is 1.41 bits per heavy atom. The van der Waals surface area contributed by atoms with Crippen LogP contribution in [0.25, 0.3) is 6.08 Å². The minimum atomic E-state index is -0.269. The summed E-state index contributed by atoms with van der Waals surface area (Å²) < 4.78 is 3.30. The molecule has 0 amide bonds. The van der Waals surface area contributed by atoms with E-state index in [1.807, 2.05) is 11.3 Å². The SMILES string of the molecule is CC(C)(C)C1=CC(=CC=Cc2cc(C(C)(C)C)[s+]c(C(C)(C)C)c2)C=C(C(C)(C)C)[Te]1.[Cl-]. The summed E-state index contributed by atoms with van der Waals surface area (Å²) in [6.45, 7) is 28.0. The van der Waals surface area contributed by atoms with Crippen LogP contribution in [-0.2, 0) is 10.8 Å². The van der Waals surface area contributed by atoms with Crippen LogP contribution < -0.4 is 12.4 Å². The van der Waals surface area contributed by atoms with Crippen LogP contribution in [0, 0.1) is 10.8 Å². The molecule has 3 heteroatoms. The van der Waals surface area contributed by atoms with Crippen LogP contribution in [0.2, 0.25) is 0 Å². The van der Waals surface area contributed by atoms with Crippen LogP contribution in [-0.4, -0.2) is 20.9 Å². The molecule has 1 aromatic heterocycles. The second kappa shape index (κ2) is 10.5. The minimum Gasteiger partial charge on any atom is -1.00 e. The van der Waals surface area contributed by atoms with Crippen molar-refractivity contribution in [2.45, 2.75) is 93.9 Å². The van der Waals surface area contributed by atoms with Crippen molar-refractivity contribution in [1.29, 1.82) is 0 Å². The molecule has 0 bridgehead atoms. The van der Waals surface area contributed by atoms with Gasteiger partial charge in [-0.25, -0.2) is 0 Å². The van der Waals surface area contributed by atoms with E-state index in [-0.39, 0.29) is 55.0 Å². The molecule has 0 unspecified atom stereocenters. The number of allylic oxidation sites excluding steroid dienone is 7. The van der Waals surface area contributed by atoms with E-state index in [4.69, 9.17) is 0 Å². The van der Waals surface area contributed by atoms with Crippen LogP contribution >= 0.6 is 11.3 Å². The van der Waals surface area contributed by atoms with Gasteiger partial charge in [-0.15, -0.1) is 0 Å². The molecule has 0 saturated carbocycles. The summed E-state index contributed by atoms with van der Waals surface area (Å²) >= 11 is 1.69. The zero-order valence-electron chi connectivity index (χ0n) is 22.2. The normalized spacial score (nSPS) is 15.9. The number of rotatable bonds is 2. The van der Waals surface area contributed by atoms with Crippen LogP contribution in [0.5, 0.6) is 0 Å². The Kier molecular flexibility index (Phi) is 9.71. The van der Waals surface area contributed by atoms with Gasteiger partial charge in [-0.1, -0.05) is 0 Å². The maximum atomic E-state index is 2.45. The number of hydrogen-bond donors (Lipinski definition) is 0. The number of hydrogen-bond acceptors (Lipinski definition) is 0. The first-order valence-electron chi connectivity index (χ1n) is 11.4. The molecule has 0 spiro atoms. The molecular weight excluding hydrogens is 543 g/mol. The van der Waals surface area contributed by atoms with Gasteiger partial charge >= 0.3 is 208 Å². The summed E-state index contributed by atoms with van der Waals surface area (Å²) in [6.07, 6.45) is 11.7. The Morgan fingerprint density at radius 2 is 1.06 bits per heavy atom. The van der Waals surface area contributed by atoms with E-state index in [9.17, 15) is 0 Å². The van der Waals surface area contributed by atoms with Gasteiger partial charge in [0.2, 0.25) is 0 Å². The molecule has 0 aliphatic carbocycles. The largest absolute Gasteiger partial charge is 1.00 e. The van der Waals surface area contributed by atoms with Gasteiger partial charge in [0.25, 0.3) is 0 Å². The van der Waals surface area contributed by atoms with E-state index in [2.05, 4.69) is 126 Å². The first kappa shape index (κ1) is 29.6. The molecule has 0 N–H and O–H groups in total. The summed E-state index contributed by atoms with van der Waals surface area (Å²) in [6, 6.07) is 4.74. The monoisotopic (exact) mass is 588 g/mol. The third-order valence-corrected chi connectivity index (χ3v) is 12.5. The van der Waals surface area contributed by atoms with Crippen molar-refractivity contribution in [1.82, 2.24) is 0 Å². The smallest absolute Gasteiger partial charge is 1.00 e. The standard InChI is InChI=1S/C29H43STe.ClH/c1-26(2,3)22-16-20(17-23(30-22)27(4,5)6)14-13-15-21-18-24(28(7,8)9)31-25(19-21)29(10,11)12;/h13-19H,1-12H3;1H/q+1;/p-1. The van der Waals surface area contributed by atoms with E-state index < -0.39 is 0 Å². The predicted molar refractivity (Wildman–Crippen MR) is 144 cm³/mol. The minimum absolute atomic E-state index is 0. The Morgan fingerprint density at radius 1 is 0.656 bits per heavy atom. The second-order valence-corrected chi connectivity index (χ2v) is 16.9. The van der Waals surface area contributed by atoms with Crippen LogP contribution in [0.15, 0.2) is 49.3 Å². The van der Waals surface area contributed by atoms with Crippen molar-refractivity contribution in [3.8, 4) is 0 Å². The fourth-order valence-electron chi connectivity index (χ4n) is 2.98. The van der Waals surface area contributed by atoms with Gasteiger partial charge in [-0.2, -0.15) is 0 Å². The average molecular weight is 587 g/mol. The van der Waals surface area contributed by atoms with Crippen molar-refractivity contribution in [3.05, 3.63) is 64.6 Å². The van der Waals surface area contributed by atoms with E-state index >= 15 is 0 Å². The second-order valence-electron chi connectivity index (χ2n) is 12.8. The molecule has 2 heterocycles. The van der Waals surface area contributed by atoms with E-state index in [1.54, 1.807) is 7.24 Å². The molecule has 0 saturated heterocycles. The Hall–Kier alpha value is -0.390. The van der Waals surface area contributed by atoms with Gasteiger partial charge in [0.1, 0.15) is 0 Å². The quantitative estimate of drug-likeness (QED) is 0.288. The molecule has 0 nitrogen and oxygen atoms in total. The Bertz CT molecular complexity index is 869. The van der Waals surface area contributed by atoms with Crippen LogP contribution in [0.1, 0.15) is 98.4 Å². The summed E-state index contributed by atoms with van der Waals surface area (Å²) in [5, 5.41) is 0. The van der Waals surface area contributed by atoms with Gasteiger partial charge in [0, 0.05) is 0 Å². The molecular formula is C29H43ClSTe. The third-order valence-electron chi connectivity index (χ3n) is 5.17. The molecule has 1 aliphatic heterocycles. The van der Waals surface area contributed by atoms with Gasteiger partial charge in [-0.05, 0) is 0 Å². The van der Waals surface area contributed by atoms with E-state index in [0.717, 1.165) is 0 Å². The summed E-state index contributed by atoms with van der Waals surface area (Å²) in [5.41, 5.74) is 3.47. The van der Waals surface area contributed by atoms with E-state index in [1.165, 1.54) is 20.9 Å². The molecule has 1 aromatic rings. The summed E-state index contributed by atoms with van der Waals surface area (Å²) in [4.78, 5) is 2.89. The molecule has 0 atom stereocenters. The van der Waals surface area contributed by atoms with E-state index in [0.29, 0.717) is 0 Å². The first-order chi connectivity index (χ1) is 13.9. The van der Waals surface area contributed by atoms with Crippen molar-refractivity contribution < 1.29 is 12.4 Å². The molecule has 0 aromatic carbocycles. The Balaban J connectivity index is 0.00000512. The van der Waals surface area contributed by atoms with Crippen molar-refractivity contribution in [2.75, 3.05) is 0 Å². The maximum absolute atomic E-state index is 2.45. The van der Waals surface area contributed by atoms with Gasteiger partial charge in [-0.3, -0.25) is 0 Å². The summed E-state index contributed by atoms with van der Waals surface area (Å²) in [5.74, 6) is 0. The molecule has 32 heavy (non-hydrogen) atoms.